The molecule has 0 radical (unpaired) electrons. The SMILES string of the molecule is COc1ccccc1N1CCN([C@@H](C)c2nnc(-c3ccc([N+](=O)[O-])cc3)o2)CC1. The molecule has 1 atom stereocenters. The van der Waals surface area contributed by atoms with Gasteiger partial charge >= 0.3 is 0 Å². The second-order valence-corrected chi connectivity index (χ2v) is 7.12. The Bertz CT molecular complexity index is 1010. The molecule has 0 aliphatic carbocycles. The molecule has 0 saturated carbocycles. The molecule has 1 aliphatic rings. The molecule has 9 nitrogen and oxygen atoms in total. The van der Waals surface area contributed by atoms with Gasteiger partial charge in [0.15, 0.2) is 0 Å². The molecule has 156 valence electrons. The van der Waals surface area contributed by atoms with Gasteiger partial charge in [-0.15, -0.1) is 10.2 Å². The maximum absolute atomic E-state index is 10.8. The zero-order valence-corrected chi connectivity index (χ0v) is 16.9. The Kier molecular flexibility index (Phi) is 5.62. The highest BCUT2D eigenvalue weighted by atomic mass is 16.6. The van der Waals surface area contributed by atoms with Crippen LogP contribution in [0.3, 0.4) is 0 Å². The van der Waals surface area contributed by atoms with E-state index in [1.165, 1.54) is 12.1 Å². The third-order valence-corrected chi connectivity index (χ3v) is 5.41. The van der Waals surface area contributed by atoms with Crippen LogP contribution in [0.1, 0.15) is 18.9 Å². The highest BCUT2D eigenvalue weighted by molar-refractivity contribution is 5.58. The van der Waals surface area contributed by atoms with E-state index in [-0.39, 0.29) is 11.7 Å². The lowest BCUT2D eigenvalue weighted by Gasteiger charge is -2.38. The number of aromatic nitrogens is 2. The molecule has 4 rings (SSSR count). The molecule has 30 heavy (non-hydrogen) atoms. The highest BCUT2D eigenvalue weighted by Crippen LogP contribution is 2.30. The summed E-state index contributed by atoms with van der Waals surface area (Å²) in [4.78, 5) is 15.0. The summed E-state index contributed by atoms with van der Waals surface area (Å²) in [6, 6.07) is 14.1. The van der Waals surface area contributed by atoms with Crippen molar-refractivity contribution in [2.24, 2.45) is 0 Å². The molecule has 0 spiro atoms. The summed E-state index contributed by atoms with van der Waals surface area (Å²) < 4.78 is 11.3. The first-order chi connectivity index (χ1) is 14.6. The first-order valence-corrected chi connectivity index (χ1v) is 9.77. The normalized spacial score (nSPS) is 15.7. The number of methoxy groups -OCH3 is 1. The number of rotatable bonds is 6. The Labute approximate surface area is 174 Å². The third-order valence-electron chi connectivity index (χ3n) is 5.41. The third kappa shape index (κ3) is 3.97. The Morgan fingerprint density at radius 3 is 2.43 bits per heavy atom. The van der Waals surface area contributed by atoms with Gasteiger partial charge in [0.25, 0.3) is 5.69 Å². The predicted octanol–water partition coefficient (Wildman–Crippen LogP) is 3.54. The van der Waals surface area contributed by atoms with Crippen LogP contribution in [0.4, 0.5) is 11.4 Å². The molecule has 0 unspecified atom stereocenters. The van der Waals surface area contributed by atoms with Crippen molar-refractivity contribution in [1.29, 1.82) is 0 Å². The molecule has 0 bridgehead atoms. The molecule has 1 aromatic heterocycles. The van der Waals surface area contributed by atoms with Crippen molar-refractivity contribution in [1.82, 2.24) is 15.1 Å². The van der Waals surface area contributed by atoms with Crippen LogP contribution >= 0.6 is 0 Å². The van der Waals surface area contributed by atoms with Crippen LogP contribution in [0, 0.1) is 10.1 Å². The summed E-state index contributed by atoms with van der Waals surface area (Å²) in [7, 11) is 1.69. The van der Waals surface area contributed by atoms with Crippen LogP contribution in [0.15, 0.2) is 52.9 Å². The monoisotopic (exact) mass is 409 g/mol. The molecule has 0 N–H and O–H groups in total. The predicted molar refractivity (Wildman–Crippen MR) is 112 cm³/mol. The second-order valence-electron chi connectivity index (χ2n) is 7.12. The van der Waals surface area contributed by atoms with E-state index in [4.69, 9.17) is 9.15 Å². The molecular formula is C21H23N5O4. The fourth-order valence-corrected chi connectivity index (χ4v) is 3.64. The van der Waals surface area contributed by atoms with E-state index >= 15 is 0 Å². The Morgan fingerprint density at radius 1 is 1.07 bits per heavy atom. The molecule has 0 amide bonds. The second kappa shape index (κ2) is 8.50. The van der Waals surface area contributed by atoms with Crippen LogP contribution < -0.4 is 9.64 Å². The number of para-hydroxylation sites is 2. The van der Waals surface area contributed by atoms with Crippen LogP contribution in [0.2, 0.25) is 0 Å². The van der Waals surface area contributed by atoms with Gasteiger partial charge in [0.05, 0.1) is 23.8 Å². The Morgan fingerprint density at radius 2 is 1.77 bits per heavy atom. The van der Waals surface area contributed by atoms with E-state index in [0.29, 0.717) is 17.3 Å². The van der Waals surface area contributed by atoms with Crippen molar-refractivity contribution in [2.75, 3.05) is 38.2 Å². The largest absolute Gasteiger partial charge is 0.495 e. The van der Waals surface area contributed by atoms with Gasteiger partial charge in [0.2, 0.25) is 11.8 Å². The zero-order chi connectivity index (χ0) is 21.1. The van der Waals surface area contributed by atoms with E-state index in [1.54, 1.807) is 19.2 Å². The fourth-order valence-electron chi connectivity index (χ4n) is 3.64. The topological polar surface area (TPSA) is 97.8 Å². The summed E-state index contributed by atoms with van der Waals surface area (Å²) in [6.07, 6.45) is 0. The summed E-state index contributed by atoms with van der Waals surface area (Å²) >= 11 is 0. The molecular weight excluding hydrogens is 386 g/mol. The Balaban J connectivity index is 1.41. The number of nitro groups is 1. The molecule has 2 aromatic carbocycles. The first kappa shape index (κ1) is 19.8. The van der Waals surface area contributed by atoms with Crippen molar-refractivity contribution >= 4 is 11.4 Å². The lowest BCUT2D eigenvalue weighted by Crippen LogP contribution is -2.47. The van der Waals surface area contributed by atoms with Crippen LogP contribution in [0.25, 0.3) is 11.5 Å². The van der Waals surface area contributed by atoms with E-state index in [9.17, 15) is 10.1 Å². The van der Waals surface area contributed by atoms with E-state index in [2.05, 4.69) is 26.1 Å². The fraction of sp³-hybridized carbons (Fsp3) is 0.333. The van der Waals surface area contributed by atoms with Gasteiger partial charge in [-0.25, -0.2) is 0 Å². The maximum Gasteiger partial charge on any atom is 0.269 e. The van der Waals surface area contributed by atoms with Gasteiger partial charge < -0.3 is 14.1 Å². The Hall–Kier alpha value is -3.46. The van der Waals surface area contributed by atoms with Crippen molar-refractivity contribution < 1.29 is 14.1 Å². The average Bonchev–Trinajstić information content (AvgIpc) is 3.29. The lowest BCUT2D eigenvalue weighted by molar-refractivity contribution is -0.384. The van der Waals surface area contributed by atoms with Gasteiger partial charge in [-0.1, -0.05) is 12.1 Å². The van der Waals surface area contributed by atoms with Crippen LogP contribution in [-0.4, -0.2) is 53.3 Å². The molecule has 1 saturated heterocycles. The standard InChI is InChI=1S/C21H23N5O4/c1-15(20-22-23-21(30-20)16-7-9-17(10-8-16)26(27)28)24-11-13-25(14-12-24)18-5-3-4-6-19(18)29-2/h3-10,15H,11-14H2,1-2H3/t15-/m0/s1. The van der Waals surface area contributed by atoms with Gasteiger partial charge in [-0.05, 0) is 31.2 Å². The zero-order valence-electron chi connectivity index (χ0n) is 16.9. The van der Waals surface area contributed by atoms with Crippen LogP contribution in [0.5, 0.6) is 5.75 Å². The molecule has 9 heteroatoms. The average molecular weight is 409 g/mol. The van der Waals surface area contributed by atoms with Crippen LogP contribution in [-0.2, 0) is 0 Å². The number of nitro benzene ring substituents is 1. The minimum atomic E-state index is -0.435. The number of ether oxygens (including phenoxy) is 1. The van der Waals surface area contributed by atoms with Gasteiger partial charge in [-0.2, -0.15) is 0 Å². The van der Waals surface area contributed by atoms with Gasteiger partial charge in [0.1, 0.15) is 5.75 Å². The van der Waals surface area contributed by atoms with Gasteiger partial charge in [-0.3, -0.25) is 15.0 Å². The van der Waals surface area contributed by atoms with Crippen molar-refractivity contribution in [3.63, 3.8) is 0 Å². The molecule has 1 aliphatic heterocycles. The summed E-state index contributed by atoms with van der Waals surface area (Å²) in [6.45, 7) is 5.50. The number of non-ortho nitro benzene ring substituents is 1. The first-order valence-electron chi connectivity index (χ1n) is 9.77. The number of piperazine rings is 1. The summed E-state index contributed by atoms with van der Waals surface area (Å²) in [5.74, 6) is 1.78. The van der Waals surface area contributed by atoms with Crippen molar-refractivity contribution in [3.05, 3.63) is 64.5 Å². The number of nitrogens with zero attached hydrogens (tertiary/aromatic N) is 5. The number of hydrogen-bond acceptors (Lipinski definition) is 8. The molecule has 2 heterocycles. The molecule has 3 aromatic rings. The van der Waals surface area contributed by atoms with Crippen molar-refractivity contribution in [3.8, 4) is 17.2 Å². The quantitative estimate of drug-likeness (QED) is 0.450. The van der Waals surface area contributed by atoms with Gasteiger partial charge in [0, 0.05) is 43.9 Å². The molecule has 1 fully saturated rings. The number of anilines is 1. The summed E-state index contributed by atoms with van der Waals surface area (Å²) in [5.41, 5.74) is 1.79. The highest BCUT2D eigenvalue weighted by Gasteiger charge is 2.27. The number of benzene rings is 2. The number of hydrogen-bond donors (Lipinski definition) is 0. The van der Waals surface area contributed by atoms with E-state index < -0.39 is 4.92 Å². The lowest BCUT2D eigenvalue weighted by atomic mass is 10.2. The smallest absolute Gasteiger partial charge is 0.269 e. The summed E-state index contributed by atoms with van der Waals surface area (Å²) in [5, 5.41) is 19.1. The van der Waals surface area contributed by atoms with E-state index in [0.717, 1.165) is 37.6 Å². The van der Waals surface area contributed by atoms with Crippen molar-refractivity contribution in [2.45, 2.75) is 13.0 Å². The minimum absolute atomic E-state index is 0.0240. The maximum atomic E-state index is 10.8. The minimum Gasteiger partial charge on any atom is -0.495 e. The van der Waals surface area contributed by atoms with E-state index in [1.807, 2.05) is 25.1 Å².